The minimum atomic E-state index is -4.79. The normalized spacial score (nSPS) is 11.6. The summed E-state index contributed by atoms with van der Waals surface area (Å²) >= 11 is 0. The quantitative estimate of drug-likeness (QED) is 0.403. The van der Waals surface area contributed by atoms with E-state index in [4.69, 9.17) is 19.6 Å². The van der Waals surface area contributed by atoms with Gasteiger partial charge in [-0.1, -0.05) is 30.7 Å². The second-order valence-electron chi connectivity index (χ2n) is 5.34. The molecule has 0 aliphatic heterocycles. The molecule has 0 atom stereocenters. The number of phosphoric acid groups is 1. The molecule has 7 nitrogen and oxygen atoms in total. The number of aromatic hydroxyl groups is 1. The number of hydrogen-bond acceptors (Lipinski definition) is 5. The molecule has 0 radical (unpaired) electrons. The molecule has 0 spiro atoms. The molecule has 0 amide bonds. The van der Waals surface area contributed by atoms with Crippen LogP contribution in [-0.4, -0.2) is 33.2 Å². The second kappa shape index (κ2) is 8.35. The van der Waals surface area contributed by atoms with Crippen molar-refractivity contribution >= 4 is 18.6 Å². The summed E-state index contributed by atoms with van der Waals surface area (Å²) in [6.07, 6.45) is 3.40. The smallest absolute Gasteiger partial charge is 0.504 e. The zero-order valence-corrected chi connectivity index (χ0v) is 14.0. The van der Waals surface area contributed by atoms with Crippen molar-refractivity contribution in [3.8, 4) is 17.2 Å². The van der Waals surface area contributed by atoms with Gasteiger partial charge in [0.25, 0.3) is 0 Å². The van der Waals surface area contributed by atoms with Gasteiger partial charge in [0.05, 0.1) is 6.61 Å². The minimum absolute atomic E-state index is 0.181. The van der Waals surface area contributed by atoms with E-state index in [1.54, 1.807) is 24.3 Å². The van der Waals surface area contributed by atoms with E-state index >= 15 is 0 Å². The molecule has 0 unspecified atom stereocenters. The van der Waals surface area contributed by atoms with Crippen molar-refractivity contribution < 1.29 is 33.8 Å². The fraction of sp³-hybridized carbons (Fsp3) is 0.375. The average molecular weight is 356 g/mol. The second-order valence-corrected chi connectivity index (χ2v) is 6.50. The predicted molar refractivity (Wildman–Crippen MR) is 89.3 cm³/mol. The molecule has 2 rings (SSSR count). The van der Waals surface area contributed by atoms with Gasteiger partial charge in [0.2, 0.25) is 0 Å². The van der Waals surface area contributed by atoms with Crippen LogP contribution in [0.15, 0.2) is 30.3 Å². The first-order valence-electron chi connectivity index (χ1n) is 7.66. The van der Waals surface area contributed by atoms with Gasteiger partial charge in [-0.25, -0.2) is 4.57 Å². The number of ether oxygens (including phenoxy) is 1. The van der Waals surface area contributed by atoms with Gasteiger partial charge in [0, 0.05) is 23.4 Å². The van der Waals surface area contributed by atoms with Gasteiger partial charge >= 0.3 is 7.82 Å². The van der Waals surface area contributed by atoms with Crippen LogP contribution in [0.25, 0.3) is 10.8 Å². The topological polar surface area (TPSA) is 116 Å². The molecule has 0 saturated carbocycles. The largest absolute Gasteiger partial charge is 0.524 e. The number of rotatable bonds is 9. The molecule has 0 heterocycles. The summed E-state index contributed by atoms with van der Waals surface area (Å²) in [7, 11) is -4.79. The van der Waals surface area contributed by atoms with Gasteiger partial charge in [-0.3, -0.25) is 9.79 Å². The zero-order valence-electron chi connectivity index (χ0n) is 13.1. The predicted octanol–water partition coefficient (Wildman–Crippen LogP) is 2.95. The van der Waals surface area contributed by atoms with Gasteiger partial charge in [0.1, 0.15) is 5.75 Å². The Labute approximate surface area is 139 Å². The van der Waals surface area contributed by atoms with Crippen molar-refractivity contribution in [2.75, 3.05) is 13.2 Å². The van der Waals surface area contributed by atoms with E-state index in [0.29, 0.717) is 23.1 Å². The third-order valence-corrected chi connectivity index (χ3v) is 3.88. The summed E-state index contributed by atoms with van der Waals surface area (Å²) in [6, 6.07) is 8.04. The maximum absolute atomic E-state index is 11.1. The SMILES string of the molecule is O=P(O)(O)Oc1c(O)cc(OCCCCCCO)c2ccccc12. The third kappa shape index (κ3) is 5.11. The lowest BCUT2D eigenvalue weighted by atomic mass is 10.1. The van der Waals surface area contributed by atoms with E-state index in [0.717, 1.165) is 25.7 Å². The maximum atomic E-state index is 11.1. The fourth-order valence-electron chi connectivity index (χ4n) is 2.39. The molecule has 0 fully saturated rings. The van der Waals surface area contributed by atoms with Crippen LogP contribution in [0.3, 0.4) is 0 Å². The maximum Gasteiger partial charge on any atom is 0.524 e. The van der Waals surface area contributed by atoms with Crippen molar-refractivity contribution in [1.82, 2.24) is 0 Å². The Kier molecular flexibility index (Phi) is 6.45. The van der Waals surface area contributed by atoms with Crippen LogP contribution in [-0.2, 0) is 4.57 Å². The molecule has 0 aliphatic rings. The van der Waals surface area contributed by atoms with Crippen LogP contribution < -0.4 is 9.26 Å². The lowest BCUT2D eigenvalue weighted by molar-refractivity contribution is 0.273. The Morgan fingerprint density at radius 3 is 2.33 bits per heavy atom. The van der Waals surface area contributed by atoms with E-state index in [9.17, 15) is 9.67 Å². The first-order valence-corrected chi connectivity index (χ1v) is 9.19. The molecular formula is C16H21O7P. The molecule has 24 heavy (non-hydrogen) atoms. The summed E-state index contributed by atoms with van der Waals surface area (Å²) < 4.78 is 21.4. The van der Waals surface area contributed by atoms with Crippen molar-refractivity contribution in [2.24, 2.45) is 0 Å². The number of aliphatic hydroxyl groups is 1. The van der Waals surface area contributed by atoms with Crippen LogP contribution in [0.1, 0.15) is 25.7 Å². The standard InChI is InChI=1S/C16H21O7P/c17-9-5-1-2-6-10-22-15-11-14(18)16(23-24(19,20)21)13-8-4-3-7-12(13)15/h3-4,7-8,11,17-18H,1-2,5-6,9-10H2,(H2,19,20,21). The number of phenols is 1. The van der Waals surface area contributed by atoms with Crippen LogP contribution in [0.2, 0.25) is 0 Å². The molecular weight excluding hydrogens is 335 g/mol. The Morgan fingerprint density at radius 1 is 1.00 bits per heavy atom. The molecule has 8 heteroatoms. The number of hydrogen-bond donors (Lipinski definition) is 4. The summed E-state index contributed by atoms with van der Waals surface area (Å²) in [4.78, 5) is 18.0. The highest BCUT2D eigenvalue weighted by Crippen LogP contribution is 2.47. The molecule has 0 aliphatic carbocycles. The Bertz CT molecular complexity index is 726. The van der Waals surface area contributed by atoms with Gasteiger partial charge in [-0.05, 0) is 19.3 Å². The highest BCUT2D eigenvalue weighted by Gasteiger charge is 2.22. The van der Waals surface area contributed by atoms with E-state index in [1.165, 1.54) is 6.07 Å². The first kappa shape index (κ1) is 18.5. The van der Waals surface area contributed by atoms with Crippen molar-refractivity contribution in [3.63, 3.8) is 0 Å². The van der Waals surface area contributed by atoms with Crippen LogP contribution in [0.4, 0.5) is 0 Å². The first-order chi connectivity index (χ1) is 11.4. The van der Waals surface area contributed by atoms with Gasteiger partial charge in [-0.2, -0.15) is 0 Å². The monoisotopic (exact) mass is 356 g/mol. The average Bonchev–Trinajstić information content (AvgIpc) is 2.53. The highest BCUT2D eigenvalue weighted by atomic mass is 31.2. The minimum Gasteiger partial charge on any atom is -0.504 e. The summed E-state index contributed by atoms with van der Waals surface area (Å²) in [5.41, 5.74) is 0. The summed E-state index contributed by atoms with van der Waals surface area (Å²) in [5.74, 6) is -0.246. The zero-order chi connectivity index (χ0) is 17.6. The summed E-state index contributed by atoms with van der Waals surface area (Å²) in [6.45, 7) is 0.619. The van der Waals surface area contributed by atoms with Crippen molar-refractivity contribution in [3.05, 3.63) is 30.3 Å². The molecule has 2 aromatic carbocycles. The third-order valence-electron chi connectivity index (χ3n) is 3.46. The number of phenolic OH excluding ortho intramolecular Hbond substituents is 1. The Hall–Kier alpha value is -1.79. The van der Waals surface area contributed by atoms with Crippen LogP contribution in [0.5, 0.6) is 17.2 Å². The number of fused-ring (bicyclic) bond motifs is 1. The summed E-state index contributed by atoms with van der Waals surface area (Å²) in [5, 5.41) is 19.7. The molecule has 132 valence electrons. The Morgan fingerprint density at radius 2 is 1.67 bits per heavy atom. The van der Waals surface area contributed by atoms with Crippen molar-refractivity contribution in [2.45, 2.75) is 25.7 Å². The molecule has 2 aromatic rings. The number of phosphoric ester groups is 1. The number of unbranched alkanes of at least 4 members (excludes halogenated alkanes) is 3. The molecule has 4 N–H and O–H groups in total. The molecule has 0 saturated heterocycles. The number of benzene rings is 2. The van der Waals surface area contributed by atoms with Gasteiger partial charge < -0.3 is 19.5 Å². The number of aliphatic hydroxyl groups excluding tert-OH is 1. The van der Waals surface area contributed by atoms with Gasteiger partial charge in [-0.15, -0.1) is 0 Å². The van der Waals surface area contributed by atoms with Gasteiger partial charge in [0.15, 0.2) is 11.5 Å². The fourth-order valence-corrected chi connectivity index (χ4v) is 2.81. The lowest BCUT2D eigenvalue weighted by Gasteiger charge is -2.15. The molecule has 0 bridgehead atoms. The van der Waals surface area contributed by atoms with E-state index < -0.39 is 13.6 Å². The van der Waals surface area contributed by atoms with Crippen LogP contribution in [0, 0.1) is 0 Å². The highest BCUT2D eigenvalue weighted by molar-refractivity contribution is 7.46. The van der Waals surface area contributed by atoms with E-state index in [2.05, 4.69) is 4.52 Å². The molecule has 0 aromatic heterocycles. The Balaban J connectivity index is 2.20. The van der Waals surface area contributed by atoms with Crippen LogP contribution >= 0.6 is 7.82 Å². The lowest BCUT2D eigenvalue weighted by Crippen LogP contribution is -1.99. The van der Waals surface area contributed by atoms with Crippen molar-refractivity contribution in [1.29, 1.82) is 0 Å². The van der Waals surface area contributed by atoms with E-state index in [1.807, 2.05) is 0 Å². The van der Waals surface area contributed by atoms with E-state index in [-0.39, 0.29) is 12.4 Å².